The van der Waals surface area contributed by atoms with Crippen molar-refractivity contribution in [1.82, 2.24) is 0 Å². The molecule has 0 fully saturated rings. The molecule has 1 aliphatic heterocycles. The first kappa shape index (κ1) is 11.0. The Bertz CT molecular complexity index is 363. The molecule has 1 atom stereocenters. The molecule has 0 aromatic heterocycles. The van der Waals surface area contributed by atoms with Gasteiger partial charge in [0.25, 0.3) is 0 Å². The Balaban J connectivity index is 2.43. The first-order chi connectivity index (χ1) is 7.13. The predicted octanol–water partition coefficient (Wildman–Crippen LogP) is 2.72. The fraction of sp³-hybridized carbons (Fsp3) is 0.500. The number of nitrogens with two attached hydrogens (primary N) is 1. The van der Waals surface area contributed by atoms with E-state index in [-0.39, 0.29) is 0 Å². The fourth-order valence-electron chi connectivity index (χ4n) is 2.24. The Morgan fingerprint density at radius 2 is 2.27 bits per heavy atom. The van der Waals surface area contributed by atoms with E-state index in [1.807, 2.05) is 0 Å². The molecule has 1 heterocycles. The van der Waals surface area contributed by atoms with Gasteiger partial charge >= 0.3 is 0 Å². The van der Waals surface area contributed by atoms with Crippen LogP contribution in [0.1, 0.15) is 25.3 Å². The van der Waals surface area contributed by atoms with Gasteiger partial charge in [0.05, 0.1) is 0 Å². The predicted molar refractivity (Wildman–Crippen MR) is 68.4 cm³/mol. The minimum atomic E-state index is 0.486. The van der Waals surface area contributed by atoms with E-state index in [1.165, 1.54) is 11.3 Å². The van der Waals surface area contributed by atoms with Crippen molar-refractivity contribution >= 4 is 21.6 Å². The summed E-state index contributed by atoms with van der Waals surface area (Å²) in [5, 5.41) is 0. The van der Waals surface area contributed by atoms with Crippen molar-refractivity contribution in [2.45, 2.75) is 25.8 Å². The molecule has 1 aromatic carbocycles. The third-order valence-electron chi connectivity index (χ3n) is 3.06. The van der Waals surface area contributed by atoms with Gasteiger partial charge in [0.15, 0.2) is 0 Å². The maximum atomic E-state index is 5.82. The Labute approximate surface area is 99.6 Å². The average molecular weight is 269 g/mol. The highest BCUT2D eigenvalue weighted by molar-refractivity contribution is 9.10. The minimum absolute atomic E-state index is 0.486. The number of hydrogen-bond donors (Lipinski definition) is 1. The minimum Gasteiger partial charge on any atom is -0.368 e. The molecule has 0 spiro atoms. The Morgan fingerprint density at radius 3 is 2.87 bits per heavy atom. The van der Waals surface area contributed by atoms with Crippen LogP contribution in [0, 0.1) is 0 Å². The number of fused-ring (bicyclic) bond motifs is 1. The standard InChI is InChI=1S/C12H17BrN2/c1-8(2)15-7-9(6-14)11-5-10(13)3-4-12(11)15/h3-5,8-9H,6-7,14H2,1-2H3. The number of benzene rings is 1. The zero-order valence-electron chi connectivity index (χ0n) is 9.20. The first-order valence-corrected chi connectivity index (χ1v) is 6.19. The molecule has 82 valence electrons. The molecular weight excluding hydrogens is 252 g/mol. The summed E-state index contributed by atoms with van der Waals surface area (Å²) in [7, 11) is 0. The second-order valence-electron chi connectivity index (χ2n) is 4.38. The lowest BCUT2D eigenvalue weighted by atomic mass is 10.0. The van der Waals surface area contributed by atoms with Gasteiger partial charge in [-0.1, -0.05) is 15.9 Å². The van der Waals surface area contributed by atoms with E-state index in [9.17, 15) is 0 Å². The second kappa shape index (κ2) is 4.14. The van der Waals surface area contributed by atoms with Crippen molar-refractivity contribution < 1.29 is 0 Å². The summed E-state index contributed by atoms with van der Waals surface area (Å²) in [6.45, 7) is 6.24. The van der Waals surface area contributed by atoms with Crippen molar-refractivity contribution in [3.8, 4) is 0 Å². The maximum Gasteiger partial charge on any atom is 0.0406 e. The van der Waals surface area contributed by atoms with Crippen molar-refractivity contribution in [3.05, 3.63) is 28.2 Å². The second-order valence-corrected chi connectivity index (χ2v) is 5.30. The molecule has 3 heteroatoms. The van der Waals surface area contributed by atoms with E-state index in [2.05, 4.69) is 52.9 Å². The van der Waals surface area contributed by atoms with Gasteiger partial charge < -0.3 is 10.6 Å². The number of nitrogens with zero attached hydrogens (tertiary/aromatic N) is 1. The van der Waals surface area contributed by atoms with Crippen LogP contribution in [0.15, 0.2) is 22.7 Å². The molecule has 0 saturated carbocycles. The van der Waals surface area contributed by atoms with Crippen LogP contribution in [0.3, 0.4) is 0 Å². The Kier molecular flexibility index (Phi) is 3.03. The molecule has 1 aliphatic rings. The fourth-order valence-corrected chi connectivity index (χ4v) is 2.62. The molecule has 0 radical (unpaired) electrons. The lowest BCUT2D eigenvalue weighted by Gasteiger charge is -2.24. The van der Waals surface area contributed by atoms with E-state index in [4.69, 9.17) is 5.73 Å². The molecule has 15 heavy (non-hydrogen) atoms. The molecule has 1 aromatic rings. The van der Waals surface area contributed by atoms with Crippen molar-refractivity contribution in [3.63, 3.8) is 0 Å². The summed E-state index contributed by atoms with van der Waals surface area (Å²) in [5.41, 5.74) is 8.56. The molecule has 2 rings (SSSR count). The number of rotatable bonds is 2. The highest BCUT2D eigenvalue weighted by Crippen LogP contribution is 2.38. The topological polar surface area (TPSA) is 29.3 Å². The molecule has 2 N–H and O–H groups in total. The highest BCUT2D eigenvalue weighted by Gasteiger charge is 2.28. The van der Waals surface area contributed by atoms with Gasteiger partial charge in [-0.15, -0.1) is 0 Å². The van der Waals surface area contributed by atoms with Crippen molar-refractivity contribution in [2.24, 2.45) is 5.73 Å². The van der Waals surface area contributed by atoms with Gasteiger partial charge in [0.1, 0.15) is 0 Å². The van der Waals surface area contributed by atoms with Gasteiger partial charge in [-0.05, 0) is 37.6 Å². The van der Waals surface area contributed by atoms with E-state index >= 15 is 0 Å². The zero-order valence-corrected chi connectivity index (χ0v) is 10.8. The lowest BCUT2D eigenvalue weighted by Crippen LogP contribution is -2.30. The van der Waals surface area contributed by atoms with Crippen molar-refractivity contribution in [2.75, 3.05) is 18.0 Å². The lowest BCUT2D eigenvalue weighted by molar-refractivity contribution is 0.647. The summed E-state index contributed by atoms with van der Waals surface area (Å²) in [4.78, 5) is 2.43. The van der Waals surface area contributed by atoms with Crippen molar-refractivity contribution in [1.29, 1.82) is 0 Å². The van der Waals surface area contributed by atoms with E-state index in [1.54, 1.807) is 0 Å². The van der Waals surface area contributed by atoms with E-state index < -0.39 is 0 Å². The number of hydrogen-bond acceptors (Lipinski definition) is 2. The van der Waals surface area contributed by atoms with Gasteiger partial charge in [0.2, 0.25) is 0 Å². The molecule has 1 unspecified atom stereocenters. The van der Waals surface area contributed by atoms with Crippen LogP contribution in [0.2, 0.25) is 0 Å². The molecular formula is C12H17BrN2. The molecule has 0 bridgehead atoms. The molecule has 0 aliphatic carbocycles. The summed E-state index contributed by atoms with van der Waals surface area (Å²) < 4.78 is 1.14. The SMILES string of the molecule is CC(C)N1CC(CN)c2cc(Br)ccc21. The largest absolute Gasteiger partial charge is 0.368 e. The van der Waals surface area contributed by atoms with Gasteiger partial charge in [0, 0.05) is 35.2 Å². The van der Waals surface area contributed by atoms with Crippen LogP contribution in [0.25, 0.3) is 0 Å². The third-order valence-corrected chi connectivity index (χ3v) is 3.56. The van der Waals surface area contributed by atoms with Crippen LogP contribution < -0.4 is 10.6 Å². The van der Waals surface area contributed by atoms with Crippen LogP contribution in [-0.4, -0.2) is 19.1 Å². The van der Waals surface area contributed by atoms with E-state index in [0.717, 1.165) is 17.6 Å². The summed E-state index contributed by atoms with van der Waals surface area (Å²) in [6.07, 6.45) is 0. The van der Waals surface area contributed by atoms with Gasteiger partial charge in [-0.2, -0.15) is 0 Å². The number of halogens is 1. The monoisotopic (exact) mass is 268 g/mol. The molecule has 0 saturated heterocycles. The summed E-state index contributed by atoms with van der Waals surface area (Å²) >= 11 is 3.52. The zero-order chi connectivity index (χ0) is 11.0. The maximum absolute atomic E-state index is 5.82. The number of anilines is 1. The first-order valence-electron chi connectivity index (χ1n) is 5.39. The van der Waals surface area contributed by atoms with Crippen LogP contribution in [-0.2, 0) is 0 Å². The Morgan fingerprint density at radius 1 is 1.53 bits per heavy atom. The summed E-state index contributed by atoms with van der Waals surface area (Å²) in [6, 6.07) is 7.04. The Hall–Kier alpha value is -0.540. The quantitative estimate of drug-likeness (QED) is 0.894. The van der Waals surface area contributed by atoms with Gasteiger partial charge in [-0.25, -0.2) is 0 Å². The highest BCUT2D eigenvalue weighted by atomic mass is 79.9. The van der Waals surface area contributed by atoms with Crippen LogP contribution in [0.5, 0.6) is 0 Å². The molecule has 2 nitrogen and oxygen atoms in total. The van der Waals surface area contributed by atoms with Crippen LogP contribution >= 0.6 is 15.9 Å². The average Bonchev–Trinajstić information content (AvgIpc) is 2.55. The smallest absolute Gasteiger partial charge is 0.0406 e. The summed E-state index contributed by atoms with van der Waals surface area (Å²) in [5.74, 6) is 0.486. The van der Waals surface area contributed by atoms with Crippen LogP contribution in [0.4, 0.5) is 5.69 Å². The normalized spacial score (nSPS) is 19.8. The van der Waals surface area contributed by atoms with Gasteiger partial charge in [-0.3, -0.25) is 0 Å². The van der Waals surface area contributed by atoms with E-state index in [0.29, 0.717) is 12.0 Å². The molecule has 0 amide bonds. The third kappa shape index (κ3) is 1.91.